The molecule has 0 N–H and O–H groups in total. The lowest BCUT2D eigenvalue weighted by Crippen LogP contribution is -2.30. The third-order valence-electron chi connectivity index (χ3n) is 3.15. The second kappa shape index (κ2) is 1.86. The van der Waals surface area contributed by atoms with Crippen molar-refractivity contribution in [2.24, 2.45) is 17.8 Å². The first kappa shape index (κ1) is 5.52. The van der Waals surface area contributed by atoms with E-state index in [1.807, 2.05) is 0 Å². The summed E-state index contributed by atoms with van der Waals surface area (Å²) in [4.78, 5) is 0. The highest BCUT2D eigenvalue weighted by Crippen LogP contribution is 2.51. The summed E-state index contributed by atoms with van der Waals surface area (Å²) in [5, 5.41) is 0. The van der Waals surface area contributed by atoms with Gasteiger partial charge in [-0.15, -0.1) is 6.58 Å². The molecule has 0 bridgehead atoms. The van der Waals surface area contributed by atoms with Gasteiger partial charge >= 0.3 is 0 Å². The predicted octanol–water partition coefficient (Wildman–Crippen LogP) is 2.61. The van der Waals surface area contributed by atoms with Crippen LogP contribution < -0.4 is 0 Å². The van der Waals surface area contributed by atoms with Crippen molar-refractivity contribution in [3.63, 3.8) is 0 Å². The van der Waals surface area contributed by atoms with Gasteiger partial charge in [-0.3, -0.25) is 0 Å². The molecule has 3 atom stereocenters. The highest BCUT2D eigenvalue weighted by atomic mass is 14.5. The van der Waals surface area contributed by atoms with Crippen molar-refractivity contribution in [1.29, 1.82) is 0 Å². The minimum atomic E-state index is 0.900. The van der Waals surface area contributed by atoms with Gasteiger partial charge in [0.15, 0.2) is 0 Å². The molecule has 0 heteroatoms. The standard InChI is InChI=1S/C9H14/c1-2-7-6-8-4-3-5-9(7)8/h2,7-9H,1,3-6H2. The second-order valence-electron chi connectivity index (χ2n) is 3.49. The summed E-state index contributed by atoms with van der Waals surface area (Å²) in [5.74, 6) is 3.06. The molecule has 2 saturated carbocycles. The Balaban J connectivity index is 2.00. The van der Waals surface area contributed by atoms with E-state index in [1.54, 1.807) is 0 Å². The number of hydrogen-bond acceptors (Lipinski definition) is 0. The molecular weight excluding hydrogens is 108 g/mol. The highest BCUT2D eigenvalue weighted by Gasteiger charge is 2.41. The molecule has 0 aromatic rings. The van der Waals surface area contributed by atoms with Crippen LogP contribution in [0, 0.1) is 17.8 Å². The number of fused-ring (bicyclic) bond motifs is 1. The van der Waals surface area contributed by atoms with Crippen LogP contribution in [0.4, 0.5) is 0 Å². The van der Waals surface area contributed by atoms with Crippen LogP contribution in [-0.4, -0.2) is 0 Å². The molecule has 0 aliphatic heterocycles. The van der Waals surface area contributed by atoms with E-state index in [0.29, 0.717) is 0 Å². The predicted molar refractivity (Wildman–Crippen MR) is 39.1 cm³/mol. The minimum Gasteiger partial charge on any atom is -0.103 e. The monoisotopic (exact) mass is 122 g/mol. The van der Waals surface area contributed by atoms with Crippen molar-refractivity contribution in [2.75, 3.05) is 0 Å². The molecule has 0 heterocycles. The van der Waals surface area contributed by atoms with Gasteiger partial charge in [0.05, 0.1) is 0 Å². The Kier molecular flexibility index (Phi) is 1.14. The molecule has 0 aromatic carbocycles. The average molecular weight is 122 g/mol. The maximum Gasteiger partial charge on any atom is -0.0202 e. The maximum atomic E-state index is 3.84. The normalized spacial score (nSPS) is 47.8. The van der Waals surface area contributed by atoms with Crippen molar-refractivity contribution in [1.82, 2.24) is 0 Å². The van der Waals surface area contributed by atoms with Gasteiger partial charge in [0.2, 0.25) is 0 Å². The molecule has 3 unspecified atom stereocenters. The Hall–Kier alpha value is -0.260. The van der Waals surface area contributed by atoms with Crippen LogP contribution in [-0.2, 0) is 0 Å². The first-order valence-corrected chi connectivity index (χ1v) is 4.04. The van der Waals surface area contributed by atoms with Crippen LogP contribution in [0.2, 0.25) is 0 Å². The Labute approximate surface area is 57.0 Å². The Morgan fingerprint density at radius 3 is 2.89 bits per heavy atom. The molecular formula is C9H14. The van der Waals surface area contributed by atoms with Crippen molar-refractivity contribution < 1.29 is 0 Å². The van der Waals surface area contributed by atoms with E-state index in [9.17, 15) is 0 Å². The van der Waals surface area contributed by atoms with Gasteiger partial charge < -0.3 is 0 Å². The lowest BCUT2D eigenvalue weighted by molar-refractivity contribution is 0.145. The minimum absolute atomic E-state index is 0.900. The Bertz CT molecular complexity index is 126. The summed E-state index contributed by atoms with van der Waals surface area (Å²) < 4.78 is 0. The molecule has 0 spiro atoms. The molecule has 0 aromatic heterocycles. The second-order valence-corrected chi connectivity index (χ2v) is 3.49. The van der Waals surface area contributed by atoms with E-state index >= 15 is 0 Å². The van der Waals surface area contributed by atoms with Gasteiger partial charge in [-0.25, -0.2) is 0 Å². The fourth-order valence-electron chi connectivity index (χ4n) is 2.52. The zero-order valence-corrected chi connectivity index (χ0v) is 5.84. The molecule has 9 heavy (non-hydrogen) atoms. The topological polar surface area (TPSA) is 0 Å². The number of hydrogen-bond donors (Lipinski definition) is 0. The molecule has 0 saturated heterocycles. The van der Waals surface area contributed by atoms with Crippen LogP contribution in [0.15, 0.2) is 12.7 Å². The summed E-state index contributed by atoms with van der Waals surface area (Å²) in [6, 6.07) is 0. The largest absolute Gasteiger partial charge is 0.103 e. The average Bonchev–Trinajstić information content (AvgIpc) is 2.14. The number of allylic oxidation sites excluding steroid dienone is 1. The van der Waals surface area contributed by atoms with Crippen molar-refractivity contribution >= 4 is 0 Å². The van der Waals surface area contributed by atoms with E-state index in [-0.39, 0.29) is 0 Å². The molecule has 2 aliphatic carbocycles. The SMILES string of the molecule is C=CC1CC2CCCC12. The van der Waals surface area contributed by atoms with E-state index in [2.05, 4.69) is 12.7 Å². The summed E-state index contributed by atoms with van der Waals surface area (Å²) in [6.07, 6.45) is 8.09. The van der Waals surface area contributed by atoms with Gasteiger partial charge in [-0.2, -0.15) is 0 Å². The third-order valence-corrected chi connectivity index (χ3v) is 3.15. The summed E-state index contributed by atoms with van der Waals surface area (Å²) in [6.45, 7) is 3.84. The molecule has 0 nitrogen and oxygen atoms in total. The summed E-state index contributed by atoms with van der Waals surface area (Å²) in [7, 11) is 0. The van der Waals surface area contributed by atoms with E-state index in [0.717, 1.165) is 17.8 Å². The van der Waals surface area contributed by atoms with Crippen LogP contribution in [0.1, 0.15) is 25.7 Å². The van der Waals surface area contributed by atoms with E-state index in [4.69, 9.17) is 0 Å². The summed E-state index contributed by atoms with van der Waals surface area (Å²) in [5.41, 5.74) is 0. The van der Waals surface area contributed by atoms with Crippen molar-refractivity contribution in [3.05, 3.63) is 12.7 Å². The number of rotatable bonds is 1. The molecule has 2 fully saturated rings. The quantitative estimate of drug-likeness (QED) is 0.469. The van der Waals surface area contributed by atoms with Crippen molar-refractivity contribution in [3.8, 4) is 0 Å². The fourth-order valence-corrected chi connectivity index (χ4v) is 2.52. The molecule has 0 amide bonds. The first-order valence-electron chi connectivity index (χ1n) is 4.04. The Morgan fingerprint density at radius 1 is 1.33 bits per heavy atom. The van der Waals surface area contributed by atoms with Gasteiger partial charge in [0.1, 0.15) is 0 Å². The third kappa shape index (κ3) is 0.654. The lowest BCUT2D eigenvalue weighted by atomic mass is 9.67. The molecule has 0 radical (unpaired) electrons. The van der Waals surface area contributed by atoms with Gasteiger partial charge in [0.25, 0.3) is 0 Å². The van der Waals surface area contributed by atoms with Crippen LogP contribution in [0.5, 0.6) is 0 Å². The smallest absolute Gasteiger partial charge is 0.0202 e. The first-order chi connectivity index (χ1) is 4.42. The van der Waals surface area contributed by atoms with E-state index in [1.165, 1.54) is 25.7 Å². The fraction of sp³-hybridized carbons (Fsp3) is 0.778. The van der Waals surface area contributed by atoms with Gasteiger partial charge in [-0.05, 0) is 30.6 Å². The van der Waals surface area contributed by atoms with Crippen LogP contribution >= 0.6 is 0 Å². The molecule has 2 aliphatic rings. The van der Waals surface area contributed by atoms with Crippen LogP contribution in [0.3, 0.4) is 0 Å². The molecule has 50 valence electrons. The lowest BCUT2D eigenvalue weighted by Gasteiger charge is -2.38. The van der Waals surface area contributed by atoms with Gasteiger partial charge in [-0.1, -0.05) is 18.9 Å². The highest BCUT2D eigenvalue weighted by molar-refractivity contribution is 5.00. The zero-order valence-electron chi connectivity index (χ0n) is 5.84. The van der Waals surface area contributed by atoms with Crippen LogP contribution in [0.25, 0.3) is 0 Å². The van der Waals surface area contributed by atoms with Crippen molar-refractivity contribution in [2.45, 2.75) is 25.7 Å². The zero-order chi connectivity index (χ0) is 6.27. The molecule has 2 rings (SSSR count). The summed E-state index contributed by atoms with van der Waals surface area (Å²) >= 11 is 0. The Morgan fingerprint density at radius 2 is 2.22 bits per heavy atom. The van der Waals surface area contributed by atoms with E-state index < -0.39 is 0 Å². The maximum absolute atomic E-state index is 3.84. The van der Waals surface area contributed by atoms with Gasteiger partial charge in [0, 0.05) is 0 Å².